The molecule has 0 unspecified atom stereocenters. The number of rotatable bonds is 3. The standard InChI is InChI=1S/C14H21O3PSe/c1-11(2)13-14(3,4)10-15-18(19,17-13)16-12-8-6-5-7-9-12/h5-9,11,13H,10H2,1-4H3/t13-,18+/m1/s1. The third kappa shape index (κ3) is 3.71. The molecule has 0 aromatic heterocycles. The van der Waals surface area contributed by atoms with E-state index in [1.54, 1.807) is 0 Å². The van der Waals surface area contributed by atoms with Gasteiger partial charge in [0.15, 0.2) is 0 Å². The van der Waals surface area contributed by atoms with Gasteiger partial charge in [-0.05, 0) is 0 Å². The Bertz CT molecular complexity index is 473. The molecule has 2 rings (SSSR count). The van der Waals surface area contributed by atoms with Crippen LogP contribution in [0, 0.1) is 11.3 Å². The summed E-state index contributed by atoms with van der Waals surface area (Å²) in [6.45, 7) is 9.33. The molecule has 0 spiro atoms. The van der Waals surface area contributed by atoms with E-state index >= 15 is 0 Å². The van der Waals surface area contributed by atoms with Crippen LogP contribution in [-0.2, 0) is 9.05 Å². The van der Waals surface area contributed by atoms with Gasteiger partial charge in [0.2, 0.25) is 0 Å². The van der Waals surface area contributed by atoms with Crippen molar-refractivity contribution in [3.8, 4) is 5.75 Å². The van der Waals surface area contributed by atoms with Gasteiger partial charge >= 0.3 is 123 Å². The number of benzene rings is 1. The molecule has 1 fully saturated rings. The summed E-state index contributed by atoms with van der Waals surface area (Å²) >= 11 is 3.01. The molecule has 19 heavy (non-hydrogen) atoms. The van der Waals surface area contributed by atoms with Gasteiger partial charge in [-0.1, -0.05) is 0 Å². The van der Waals surface area contributed by atoms with Crippen molar-refractivity contribution < 1.29 is 13.6 Å². The Labute approximate surface area is 123 Å². The molecule has 5 heteroatoms. The molecule has 1 heterocycles. The van der Waals surface area contributed by atoms with Crippen LogP contribution in [0.5, 0.6) is 5.75 Å². The molecule has 0 radical (unpaired) electrons. The normalized spacial score (nSPS) is 30.3. The molecule has 1 aliphatic heterocycles. The Kier molecular flexibility index (Phi) is 4.59. The SMILES string of the molecule is CC(C)[C@H]1O[P@@](=[Se])(Oc2ccccc2)OCC1(C)C. The Hall–Kier alpha value is -0.111. The van der Waals surface area contributed by atoms with Crippen LogP contribution in [0.2, 0.25) is 0 Å². The molecule has 2 atom stereocenters. The molecular formula is C14H21O3PSe. The molecular weight excluding hydrogens is 326 g/mol. The van der Waals surface area contributed by atoms with E-state index in [0.717, 1.165) is 5.75 Å². The van der Waals surface area contributed by atoms with Gasteiger partial charge in [0.1, 0.15) is 0 Å². The average molecular weight is 347 g/mol. The molecule has 0 bridgehead atoms. The van der Waals surface area contributed by atoms with E-state index in [-0.39, 0.29) is 11.5 Å². The van der Waals surface area contributed by atoms with E-state index in [0.29, 0.717) is 12.5 Å². The predicted octanol–water partition coefficient (Wildman–Crippen LogP) is 4.01. The maximum atomic E-state index is 6.17. The van der Waals surface area contributed by atoms with Crippen molar-refractivity contribution in [3.63, 3.8) is 0 Å². The first kappa shape index (κ1) is 15.3. The first-order valence-electron chi connectivity index (χ1n) is 6.50. The zero-order valence-electron chi connectivity index (χ0n) is 11.8. The summed E-state index contributed by atoms with van der Waals surface area (Å²) in [5.74, 6) is 1.20. The van der Waals surface area contributed by atoms with Crippen LogP contribution in [0.4, 0.5) is 0 Å². The van der Waals surface area contributed by atoms with E-state index in [2.05, 4.69) is 42.8 Å². The van der Waals surface area contributed by atoms with Crippen molar-refractivity contribution in [2.24, 2.45) is 11.3 Å². The quantitative estimate of drug-likeness (QED) is 0.611. The molecule has 106 valence electrons. The van der Waals surface area contributed by atoms with Crippen molar-refractivity contribution in [2.45, 2.75) is 33.8 Å². The fourth-order valence-corrected chi connectivity index (χ4v) is 5.61. The second-order valence-electron chi connectivity index (χ2n) is 5.88. The van der Waals surface area contributed by atoms with E-state index < -0.39 is 6.19 Å². The molecule has 1 aromatic carbocycles. The number of hydrogen-bond donors (Lipinski definition) is 0. The first-order valence-corrected chi connectivity index (χ1v) is 10.3. The predicted molar refractivity (Wildman–Crippen MR) is 79.2 cm³/mol. The maximum absolute atomic E-state index is 6.17. The molecule has 0 N–H and O–H groups in total. The minimum absolute atomic E-state index is 0.00155. The van der Waals surface area contributed by atoms with Crippen molar-refractivity contribution in [1.82, 2.24) is 0 Å². The Morgan fingerprint density at radius 1 is 1.32 bits per heavy atom. The summed E-state index contributed by atoms with van der Waals surface area (Å²) in [5, 5.41) is 0. The molecule has 0 amide bonds. The molecule has 0 saturated carbocycles. The van der Waals surface area contributed by atoms with Crippen LogP contribution < -0.4 is 4.52 Å². The van der Waals surface area contributed by atoms with Crippen LogP contribution in [0.25, 0.3) is 0 Å². The zero-order valence-corrected chi connectivity index (χ0v) is 14.4. The van der Waals surface area contributed by atoms with Gasteiger partial charge in [-0.2, -0.15) is 0 Å². The summed E-state index contributed by atoms with van der Waals surface area (Å²) < 4.78 is 18.0. The number of hydrogen-bond acceptors (Lipinski definition) is 3. The second-order valence-corrected chi connectivity index (χ2v) is 10.2. The fourth-order valence-electron chi connectivity index (χ4n) is 2.32. The van der Waals surface area contributed by atoms with Gasteiger partial charge in [-0.15, -0.1) is 0 Å². The minimum atomic E-state index is -2.40. The van der Waals surface area contributed by atoms with Crippen molar-refractivity contribution >= 4 is 21.3 Å². The van der Waals surface area contributed by atoms with Gasteiger partial charge in [0.25, 0.3) is 0 Å². The Morgan fingerprint density at radius 3 is 2.53 bits per heavy atom. The van der Waals surface area contributed by atoms with E-state index in [9.17, 15) is 0 Å². The second kappa shape index (κ2) is 5.71. The van der Waals surface area contributed by atoms with Gasteiger partial charge < -0.3 is 0 Å². The van der Waals surface area contributed by atoms with Crippen molar-refractivity contribution in [3.05, 3.63) is 30.3 Å². The number of para-hydroxylation sites is 1. The van der Waals surface area contributed by atoms with Crippen LogP contribution in [0.15, 0.2) is 30.3 Å². The van der Waals surface area contributed by atoms with Crippen LogP contribution in [-0.4, -0.2) is 27.8 Å². The monoisotopic (exact) mass is 348 g/mol. The third-order valence-electron chi connectivity index (χ3n) is 3.17. The van der Waals surface area contributed by atoms with Crippen molar-refractivity contribution in [2.75, 3.05) is 6.61 Å². The zero-order chi connectivity index (χ0) is 14.1. The fraction of sp³-hybridized carbons (Fsp3) is 0.571. The molecule has 1 aromatic rings. The third-order valence-corrected chi connectivity index (χ3v) is 6.21. The van der Waals surface area contributed by atoms with Gasteiger partial charge in [0, 0.05) is 0 Å². The molecule has 1 aliphatic rings. The van der Waals surface area contributed by atoms with Crippen LogP contribution >= 0.6 is 6.19 Å². The Morgan fingerprint density at radius 2 is 1.95 bits per heavy atom. The van der Waals surface area contributed by atoms with E-state index in [1.807, 2.05) is 30.3 Å². The summed E-state index contributed by atoms with van der Waals surface area (Å²) in [5.41, 5.74) is 0.00155. The average Bonchev–Trinajstić information content (AvgIpc) is 2.34. The van der Waals surface area contributed by atoms with Gasteiger partial charge in [0.05, 0.1) is 0 Å². The summed E-state index contributed by atoms with van der Waals surface area (Å²) in [6, 6.07) is 9.66. The van der Waals surface area contributed by atoms with Gasteiger partial charge in [-0.25, -0.2) is 0 Å². The topological polar surface area (TPSA) is 27.7 Å². The van der Waals surface area contributed by atoms with Crippen LogP contribution in [0.1, 0.15) is 27.7 Å². The first-order chi connectivity index (χ1) is 8.82. The van der Waals surface area contributed by atoms with Gasteiger partial charge in [-0.3, -0.25) is 0 Å². The molecule has 0 aliphatic carbocycles. The van der Waals surface area contributed by atoms with E-state index in [4.69, 9.17) is 13.6 Å². The molecule has 1 saturated heterocycles. The molecule has 3 nitrogen and oxygen atoms in total. The summed E-state index contributed by atoms with van der Waals surface area (Å²) in [7, 11) is 0. The van der Waals surface area contributed by atoms with Crippen molar-refractivity contribution in [1.29, 1.82) is 0 Å². The summed E-state index contributed by atoms with van der Waals surface area (Å²) in [6.07, 6.45) is -2.28. The Balaban J connectivity index is 2.15. The van der Waals surface area contributed by atoms with E-state index in [1.165, 1.54) is 0 Å². The summed E-state index contributed by atoms with van der Waals surface area (Å²) in [4.78, 5) is 0. The van der Waals surface area contributed by atoms with Crippen LogP contribution in [0.3, 0.4) is 0 Å².